The minimum absolute atomic E-state index is 0.191. The molecule has 1 heterocycles. The molecule has 0 saturated heterocycles. The Balaban J connectivity index is 1.15. The molecule has 1 aliphatic heterocycles. The van der Waals surface area contributed by atoms with Crippen molar-refractivity contribution in [3.63, 3.8) is 0 Å². The van der Waals surface area contributed by atoms with Crippen molar-refractivity contribution < 1.29 is 76.0 Å². The van der Waals surface area contributed by atoms with E-state index in [1.54, 1.807) is 31.2 Å². The summed E-state index contributed by atoms with van der Waals surface area (Å²) in [6.07, 6.45) is 0. The molecular formula is C38H61NO16. The summed E-state index contributed by atoms with van der Waals surface area (Å²) < 4.78 is 70.4. The van der Waals surface area contributed by atoms with Gasteiger partial charge < -0.3 is 61.6 Å². The molecular weight excluding hydrogens is 726 g/mol. The van der Waals surface area contributed by atoms with Crippen LogP contribution in [0.2, 0.25) is 0 Å². The van der Waals surface area contributed by atoms with Crippen LogP contribution >= 0.6 is 0 Å². The molecule has 0 atom stereocenters. The fraction of sp³-hybridized carbons (Fsp3) is 0.711. The number of hydrogen-bond donors (Lipinski definition) is 0. The molecule has 0 saturated carbocycles. The molecule has 0 fully saturated rings. The smallest absolute Gasteiger partial charge is 0.333 e. The van der Waals surface area contributed by atoms with E-state index in [9.17, 15) is 14.4 Å². The summed E-state index contributed by atoms with van der Waals surface area (Å²) in [4.78, 5) is 37.0. The van der Waals surface area contributed by atoms with Crippen LogP contribution in [0, 0.1) is 0 Å². The maximum atomic E-state index is 12.3. The number of fused-ring (bicyclic) bond motifs is 1. The molecule has 1 aromatic rings. The monoisotopic (exact) mass is 787 g/mol. The molecule has 0 N–H and O–H groups in total. The van der Waals surface area contributed by atoms with Crippen molar-refractivity contribution in [2.24, 2.45) is 0 Å². The quantitative estimate of drug-likeness (QED) is 0.0406. The maximum Gasteiger partial charge on any atom is 0.333 e. The normalized spacial score (nSPS) is 12.5. The average Bonchev–Trinajstić information content (AvgIpc) is 3.43. The van der Waals surface area contributed by atoms with Gasteiger partial charge in [0.05, 0.1) is 176 Å². The Morgan fingerprint density at radius 3 is 0.927 bits per heavy atom. The number of nitrogens with zero attached hydrogens (tertiary/aromatic N) is 1. The van der Waals surface area contributed by atoms with Crippen molar-refractivity contribution in [2.75, 3.05) is 172 Å². The number of carbonyl (C=O) groups excluding carboxylic acids is 3. The van der Waals surface area contributed by atoms with Crippen LogP contribution in [0.25, 0.3) is 0 Å². The number of carbonyl (C=O) groups is 3. The van der Waals surface area contributed by atoms with Crippen LogP contribution in [0.15, 0.2) is 36.4 Å². The summed E-state index contributed by atoms with van der Waals surface area (Å²) in [5, 5.41) is 0. The summed E-state index contributed by atoms with van der Waals surface area (Å²) >= 11 is 0. The number of esters is 1. The van der Waals surface area contributed by atoms with Crippen molar-refractivity contribution in [1.29, 1.82) is 0 Å². The van der Waals surface area contributed by atoms with Crippen LogP contribution in [0.5, 0.6) is 0 Å². The van der Waals surface area contributed by atoms with Crippen molar-refractivity contribution in [2.45, 2.75) is 6.92 Å². The van der Waals surface area contributed by atoms with E-state index >= 15 is 0 Å². The first-order valence-electron chi connectivity index (χ1n) is 18.7. The van der Waals surface area contributed by atoms with Gasteiger partial charge >= 0.3 is 5.97 Å². The Kier molecular flexibility index (Phi) is 30.1. The molecule has 17 nitrogen and oxygen atoms in total. The van der Waals surface area contributed by atoms with E-state index in [-0.39, 0.29) is 31.6 Å². The lowest BCUT2D eigenvalue weighted by molar-refractivity contribution is -0.140. The predicted octanol–water partition coefficient (Wildman–Crippen LogP) is 1.60. The van der Waals surface area contributed by atoms with Gasteiger partial charge in [0.1, 0.15) is 6.61 Å². The third-order valence-electron chi connectivity index (χ3n) is 7.24. The van der Waals surface area contributed by atoms with Gasteiger partial charge in [-0.25, -0.2) is 4.79 Å². The molecule has 2 rings (SSSR count). The Morgan fingerprint density at radius 1 is 0.436 bits per heavy atom. The highest BCUT2D eigenvalue weighted by Crippen LogP contribution is 2.21. The minimum Gasteiger partial charge on any atom is -0.460 e. The van der Waals surface area contributed by atoms with Gasteiger partial charge in [0.2, 0.25) is 0 Å². The fourth-order valence-corrected chi connectivity index (χ4v) is 4.44. The Morgan fingerprint density at radius 2 is 0.673 bits per heavy atom. The van der Waals surface area contributed by atoms with E-state index in [0.29, 0.717) is 169 Å². The highest BCUT2D eigenvalue weighted by Gasteiger charge is 2.34. The Hall–Kier alpha value is -2.91. The Labute approximate surface area is 324 Å². The Bertz CT molecular complexity index is 1120. The number of hydrogen-bond acceptors (Lipinski definition) is 16. The first-order chi connectivity index (χ1) is 27.0. The molecule has 1 aliphatic rings. The molecule has 2 amide bonds. The fourth-order valence-electron chi connectivity index (χ4n) is 4.44. The summed E-state index contributed by atoms with van der Waals surface area (Å²) in [6.45, 7) is 16.0. The lowest BCUT2D eigenvalue weighted by Gasteiger charge is -2.13. The zero-order valence-corrected chi connectivity index (χ0v) is 32.4. The summed E-state index contributed by atoms with van der Waals surface area (Å²) in [7, 11) is 0. The minimum atomic E-state index is -0.419. The zero-order chi connectivity index (χ0) is 39.4. The second kappa shape index (κ2) is 34.3. The molecule has 0 aliphatic carbocycles. The summed E-state index contributed by atoms with van der Waals surface area (Å²) in [5.41, 5.74) is 1.24. The molecule has 0 unspecified atom stereocenters. The third kappa shape index (κ3) is 25.1. The molecule has 17 heteroatoms. The zero-order valence-electron chi connectivity index (χ0n) is 32.4. The predicted molar refractivity (Wildman–Crippen MR) is 197 cm³/mol. The van der Waals surface area contributed by atoms with Crippen LogP contribution < -0.4 is 0 Å². The average molecular weight is 788 g/mol. The van der Waals surface area contributed by atoms with Crippen LogP contribution in [0.3, 0.4) is 0 Å². The summed E-state index contributed by atoms with van der Waals surface area (Å²) in [6, 6.07) is 6.81. The third-order valence-corrected chi connectivity index (χ3v) is 7.24. The number of rotatable bonds is 40. The van der Waals surface area contributed by atoms with Gasteiger partial charge in [0.25, 0.3) is 11.8 Å². The van der Waals surface area contributed by atoms with Gasteiger partial charge in [-0.1, -0.05) is 18.7 Å². The van der Waals surface area contributed by atoms with E-state index < -0.39 is 5.97 Å². The second-order valence-electron chi connectivity index (χ2n) is 11.6. The SMILES string of the molecule is C=C(C)C(=O)OCCOCCOCCOCCOCCOCCOCCOCCOCCOCCOCCOCCOCCN1C(=O)c2ccccc2C1=O. The van der Waals surface area contributed by atoms with Gasteiger partial charge in [0.15, 0.2) is 0 Å². The second-order valence-corrected chi connectivity index (χ2v) is 11.6. The highest BCUT2D eigenvalue weighted by molar-refractivity contribution is 6.21. The van der Waals surface area contributed by atoms with Crippen LogP contribution in [0.1, 0.15) is 27.6 Å². The van der Waals surface area contributed by atoms with Gasteiger partial charge in [-0.3, -0.25) is 14.5 Å². The molecule has 0 aromatic heterocycles. The van der Waals surface area contributed by atoms with Crippen molar-refractivity contribution in [3.05, 3.63) is 47.5 Å². The van der Waals surface area contributed by atoms with Crippen LogP contribution in [-0.2, 0) is 66.4 Å². The van der Waals surface area contributed by atoms with E-state index in [4.69, 9.17) is 61.6 Å². The van der Waals surface area contributed by atoms with E-state index in [1.165, 1.54) is 4.90 Å². The van der Waals surface area contributed by atoms with E-state index in [1.807, 2.05) is 0 Å². The van der Waals surface area contributed by atoms with Gasteiger partial charge in [-0.05, 0) is 19.1 Å². The van der Waals surface area contributed by atoms with E-state index in [0.717, 1.165) is 0 Å². The molecule has 0 bridgehead atoms. The first-order valence-corrected chi connectivity index (χ1v) is 18.7. The molecule has 55 heavy (non-hydrogen) atoms. The van der Waals surface area contributed by atoms with Crippen molar-refractivity contribution in [1.82, 2.24) is 4.90 Å². The molecule has 0 spiro atoms. The lowest BCUT2D eigenvalue weighted by atomic mass is 10.1. The number of amides is 2. The lowest BCUT2D eigenvalue weighted by Crippen LogP contribution is -2.33. The van der Waals surface area contributed by atoms with Crippen LogP contribution in [0.4, 0.5) is 0 Å². The molecule has 0 radical (unpaired) electrons. The number of imide groups is 1. The standard InChI is InChI=1S/C38H61NO16/c1-33(2)38(42)55-32-31-54-30-29-53-28-27-52-26-25-51-24-23-50-22-21-49-20-19-48-18-17-47-16-15-46-14-13-45-12-11-44-10-9-43-8-7-39-36(40)34-5-3-4-6-35(34)37(39)41/h3-6H,1,7-32H2,2H3. The number of benzene rings is 1. The van der Waals surface area contributed by atoms with Gasteiger partial charge in [-0.15, -0.1) is 0 Å². The molecule has 1 aromatic carbocycles. The van der Waals surface area contributed by atoms with Gasteiger partial charge in [0, 0.05) is 5.57 Å². The van der Waals surface area contributed by atoms with E-state index in [2.05, 4.69) is 6.58 Å². The topological polar surface area (TPSA) is 174 Å². The molecule has 314 valence electrons. The van der Waals surface area contributed by atoms with Crippen LogP contribution in [-0.4, -0.2) is 194 Å². The van der Waals surface area contributed by atoms with Crippen molar-refractivity contribution >= 4 is 17.8 Å². The number of ether oxygens (including phenoxy) is 13. The largest absolute Gasteiger partial charge is 0.460 e. The van der Waals surface area contributed by atoms with Crippen molar-refractivity contribution in [3.8, 4) is 0 Å². The summed E-state index contributed by atoms with van der Waals surface area (Å²) in [5.74, 6) is -0.984. The first kappa shape index (κ1) is 48.2. The maximum absolute atomic E-state index is 12.3. The highest BCUT2D eigenvalue weighted by atomic mass is 16.6. The van der Waals surface area contributed by atoms with Gasteiger partial charge in [-0.2, -0.15) is 0 Å².